The molecule has 0 fully saturated rings. The average Bonchev–Trinajstić information content (AvgIpc) is 3.11. The van der Waals surface area contributed by atoms with Crippen molar-refractivity contribution in [3.8, 4) is 17.3 Å². The Balaban J connectivity index is 2.01. The van der Waals surface area contributed by atoms with Gasteiger partial charge in [-0.05, 0) is 24.4 Å². The third kappa shape index (κ3) is 1.90. The fourth-order valence-corrected chi connectivity index (χ4v) is 2.67. The minimum absolute atomic E-state index is 0.539. The maximum atomic E-state index is 5.73. The highest BCUT2D eigenvalue weighted by molar-refractivity contribution is 7.71. The molecule has 0 saturated carbocycles. The molecular formula is C16H11N3OS. The highest BCUT2D eigenvalue weighted by Crippen LogP contribution is 2.30. The molecule has 0 aliphatic carbocycles. The predicted octanol–water partition coefficient (Wildman–Crippen LogP) is 4.34. The molecule has 2 aromatic heterocycles. The Morgan fingerprint density at radius 2 is 1.76 bits per heavy atom. The van der Waals surface area contributed by atoms with E-state index in [0.29, 0.717) is 16.4 Å². The van der Waals surface area contributed by atoms with Crippen LogP contribution in [0.15, 0.2) is 65.3 Å². The highest BCUT2D eigenvalue weighted by Gasteiger charge is 2.16. The number of para-hydroxylation sites is 1. The van der Waals surface area contributed by atoms with Crippen LogP contribution in [0.4, 0.5) is 0 Å². The number of H-pyrrole nitrogens is 1. The van der Waals surface area contributed by atoms with E-state index < -0.39 is 0 Å². The molecule has 1 N–H and O–H groups in total. The molecule has 4 aromatic rings. The summed E-state index contributed by atoms with van der Waals surface area (Å²) >= 11 is 5.35. The maximum Gasteiger partial charge on any atom is 0.203 e. The van der Waals surface area contributed by atoms with Gasteiger partial charge in [-0.2, -0.15) is 5.10 Å². The zero-order chi connectivity index (χ0) is 14.2. The van der Waals surface area contributed by atoms with Gasteiger partial charge in [0.15, 0.2) is 10.5 Å². The van der Waals surface area contributed by atoms with Crippen molar-refractivity contribution in [3.63, 3.8) is 0 Å². The summed E-state index contributed by atoms with van der Waals surface area (Å²) in [6.07, 6.45) is 1.73. The molecule has 2 aromatic carbocycles. The second kappa shape index (κ2) is 4.71. The quantitative estimate of drug-likeness (QED) is 0.559. The molecule has 21 heavy (non-hydrogen) atoms. The standard InChI is InChI=1S/C16H11N3OS/c21-16-18-17-15(19(16)12-7-2-1-3-8-12)14-13-9-5-4-6-11(13)10-20-14/h1-10H,(H,18,21). The van der Waals surface area contributed by atoms with Crippen LogP contribution in [0.3, 0.4) is 0 Å². The maximum absolute atomic E-state index is 5.73. The molecular weight excluding hydrogens is 282 g/mol. The van der Waals surface area contributed by atoms with Crippen LogP contribution in [0, 0.1) is 4.77 Å². The van der Waals surface area contributed by atoms with E-state index >= 15 is 0 Å². The van der Waals surface area contributed by atoms with E-state index in [1.807, 2.05) is 59.2 Å². The van der Waals surface area contributed by atoms with Gasteiger partial charge in [-0.15, -0.1) is 0 Å². The SMILES string of the molecule is S=c1[nH]nc(-c2occ3ccccc23)n1-c1ccccc1. The first kappa shape index (κ1) is 12.1. The summed E-state index contributed by atoms with van der Waals surface area (Å²) in [6, 6.07) is 17.9. The van der Waals surface area contributed by atoms with Crippen molar-refractivity contribution >= 4 is 23.0 Å². The van der Waals surface area contributed by atoms with Gasteiger partial charge in [0.2, 0.25) is 5.82 Å². The van der Waals surface area contributed by atoms with Gasteiger partial charge in [0.05, 0.1) is 12.0 Å². The molecule has 0 aliphatic rings. The van der Waals surface area contributed by atoms with Crippen LogP contribution in [0.2, 0.25) is 0 Å². The van der Waals surface area contributed by atoms with Crippen LogP contribution in [-0.4, -0.2) is 14.8 Å². The van der Waals surface area contributed by atoms with E-state index in [2.05, 4.69) is 10.2 Å². The molecule has 5 heteroatoms. The van der Waals surface area contributed by atoms with Crippen LogP contribution in [0.25, 0.3) is 28.0 Å². The monoisotopic (exact) mass is 293 g/mol. The molecule has 0 amide bonds. The zero-order valence-corrected chi connectivity index (χ0v) is 11.8. The summed E-state index contributed by atoms with van der Waals surface area (Å²) in [7, 11) is 0. The first-order valence-electron chi connectivity index (χ1n) is 6.54. The molecule has 102 valence electrons. The molecule has 0 atom stereocenters. The Kier molecular flexibility index (Phi) is 2.72. The molecule has 0 radical (unpaired) electrons. The van der Waals surface area contributed by atoms with Crippen molar-refractivity contribution in [1.29, 1.82) is 0 Å². The van der Waals surface area contributed by atoms with Crippen molar-refractivity contribution in [2.45, 2.75) is 0 Å². The van der Waals surface area contributed by atoms with E-state index in [1.165, 1.54) is 0 Å². The van der Waals surface area contributed by atoms with Crippen molar-refractivity contribution < 1.29 is 4.42 Å². The Bertz CT molecular complexity index is 966. The molecule has 0 saturated heterocycles. The highest BCUT2D eigenvalue weighted by atomic mass is 32.1. The Morgan fingerprint density at radius 1 is 1.00 bits per heavy atom. The minimum atomic E-state index is 0.539. The first-order valence-corrected chi connectivity index (χ1v) is 6.95. The second-order valence-corrected chi connectivity index (χ2v) is 5.06. The van der Waals surface area contributed by atoms with E-state index in [-0.39, 0.29) is 0 Å². The number of fused-ring (bicyclic) bond motifs is 1. The largest absolute Gasteiger partial charge is 0.460 e. The van der Waals surface area contributed by atoms with Gasteiger partial charge in [-0.3, -0.25) is 9.67 Å². The van der Waals surface area contributed by atoms with Gasteiger partial charge >= 0.3 is 0 Å². The van der Waals surface area contributed by atoms with Gasteiger partial charge in [0, 0.05) is 10.8 Å². The summed E-state index contributed by atoms with van der Waals surface area (Å²) in [4.78, 5) is 0. The first-order chi connectivity index (χ1) is 10.3. The van der Waals surface area contributed by atoms with Crippen molar-refractivity contribution in [1.82, 2.24) is 14.8 Å². The number of benzene rings is 2. The van der Waals surface area contributed by atoms with Crippen LogP contribution in [0.5, 0.6) is 0 Å². The number of nitrogens with one attached hydrogen (secondary N) is 1. The number of nitrogens with zero attached hydrogens (tertiary/aromatic N) is 2. The van der Waals surface area contributed by atoms with E-state index in [1.54, 1.807) is 6.26 Å². The molecule has 0 bridgehead atoms. The van der Waals surface area contributed by atoms with Gasteiger partial charge in [-0.1, -0.05) is 42.5 Å². The predicted molar refractivity (Wildman–Crippen MR) is 84.0 cm³/mol. The lowest BCUT2D eigenvalue weighted by molar-refractivity contribution is 0.580. The fraction of sp³-hybridized carbons (Fsp3) is 0. The second-order valence-electron chi connectivity index (χ2n) is 4.68. The summed E-state index contributed by atoms with van der Waals surface area (Å²) in [5, 5.41) is 9.24. The lowest BCUT2D eigenvalue weighted by Crippen LogP contribution is -1.96. The van der Waals surface area contributed by atoms with E-state index in [0.717, 1.165) is 16.5 Å². The van der Waals surface area contributed by atoms with Crippen molar-refractivity contribution in [3.05, 3.63) is 65.6 Å². The third-order valence-electron chi connectivity index (χ3n) is 3.40. The summed E-state index contributed by atoms with van der Waals surface area (Å²) < 4.78 is 8.14. The van der Waals surface area contributed by atoms with Gasteiger partial charge < -0.3 is 4.42 Å². The fourth-order valence-electron chi connectivity index (χ4n) is 2.43. The molecule has 0 spiro atoms. The third-order valence-corrected chi connectivity index (χ3v) is 3.67. The van der Waals surface area contributed by atoms with Crippen molar-refractivity contribution in [2.24, 2.45) is 0 Å². The summed E-state index contributed by atoms with van der Waals surface area (Å²) in [5.74, 6) is 1.38. The molecule has 4 nitrogen and oxygen atoms in total. The molecule has 0 unspecified atom stereocenters. The normalized spacial score (nSPS) is 11.0. The summed E-state index contributed by atoms with van der Waals surface area (Å²) in [5.41, 5.74) is 0.951. The molecule has 4 rings (SSSR count). The number of furan rings is 1. The number of aromatic amines is 1. The van der Waals surface area contributed by atoms with E-state index in [9.17, 15) is 0 Å². The number of hydrogen-bond donors (Lipinski definition) is 1. The summed E-state index contributed by atoms with van der Waals surface area (Å²) in [6.45, 7) is 0. The van der Waals surface area contributed by atoms with Gasteiger partial charge in [-0.25, -0.2) is 0 Å². The Labute approximate surface area is 125 Å². The minimum Gasteiger partial charge on any atom is -0.460 e. The van der Waals surface area contributed by atoms with Crippen LogP contribution in [-0.2, 0) is 0 Å². The number of hydrogen-bond acceptors (Lipinski definition) is 3. The van der Waals surface area contributed by atoms with E-state index in [4.69, 9.17) is 16.6 Å². The number of rotatable bonds is 2. The Hall–Kier alpha value is -2.66. The number of aromatic nitrogens is 3. The lowest BCUT2D eigenvalue weighted by atomic mass is 10.2. The average molecular weight is 293 g/mol. The van der Waals surface area contributed by atoms with Gasteiger partial charge in [0.25, 0.3) is 0 Å². The zero-order valence-electron chi connectivity index (χ0n) is 11.0. The van der Waals surface area contributed by atoms with Crippen LogP contribution < -0.4 is 0 Å². The molecule has 0 aliphatic heterocycles. The smallest absolute Gasteiger partial charge is 0.203 e. The molecule has 2 heterocycles. The Morgan fingerprint density at radius 3 is 2.62 bits per heavy atom. The topological polar surface area (TPSA) is 46.8 Å². The van der Waals surface area contributed by atoms with Crippen molar-refractivity contribution in [2.75, 3.05) is 0 Å². The van der Waals surface area contributed by atoms with Gasteiger partial charge in [0.1, 0.15) is 0 Å². The lowest BCUT2D eigenvalue weighted by Gasteiger charge is -2.04. The van der Waals surface area contributed by atoms with Crippen LogP contribution >= 0.6 is 12.2 Å². The van der Waals surface area contributed by atoms with Crippen LogP contribution in [0.1, 0.15) is 0 Å².